The summed E-state index contributed by atoms with van der Waals surface area (Å²) >= 11 is 0. The zero-order valence-corrected chi connectivity index (χ0v) is 10.3. The van der Waals surface area contributed by atoms with E-state index in [1.165, 1.54) is 11.1 Å². The van der Waals surface area contributed by atoms with Gasteiger partial charge in [0, 0.05) is 29.9 Å². The summed E-state index contributed by atoms with van der Waals surface area (Å²) in [6.07, 6.45) is 7.21. The number of pyridine rings is 1. The van der Waals surface area contributed by atoms with Crippen molar-refractivity contribution in [3.63, 3.8) is 0 Å². The fourth-order valence-corrected chi connectivity index (χ4v) is 2.11. The second-order valence-electron chi connectivity index (χ2n) is 4.16. The van der Waals surface area contributed by atoms with Crippen molar-refractivity contribution >= 4 is 0 Å². The highest BCUT2D eigenvalue weighted by molar-refractivity contribution is 5.23. The van der Waals surface area contributed by atoms with E-state index >= 15 is 0 Å². The van der Waals surface area contributed by atoms with Gasteiger partial charge in [0.05, 0.1) is 12.5 Å². The summed E-state index contributed by atoms with van der Waals surface area (Å²) in [5, 5.41) is 3.50. The molecule has 0 aliphatic carbocycles. The zero-order valence-electron chi connectivity index (χ0n) is 10.3. The lowest BCUT2D eigenvalue weighted by Crippen LogP contribution is -2.25. The molecule has 90 valence electrons. The first-order chi connectivity index (χ1) is 8.33. The molecule has 0 radical (unpaired) electrons. The van der Waals surface area contributed by atoms with Crippen LogP contribution >= 0.6 is 0 Å². The van der Waals surface area contributed by atoms with Crippen molar-refractivity contribution < 1.29 is 4.42 Å². The molecule has 17 heavy (non-hydrogen) atoms. The van der Waals surface area contributed by atoms with E-state index < -0.39 is 0 Å². The van der Waals surface area contributed by atoms with Crippen LogP contribution in [0.4, 0.5) is 0 Å². The zero-order chi connectivity index (χ0) is 12.1. The van der Waals surface area contributed by atoms with Gasteiger partial charge in [-0.05, 0) is 30.3 Å². The van der Waals surface area contributed by atoms with Crippen LogP contribution in [0.15, 0.2) is 47.5 Å². The Balaban J connectivity index is 2.22. The molecule has 2 aromatic rings. The molecule has 2 heterocycles. The van der Waals surface area contributed by atoms with Crippen molar-refractivity contribution in [3.05, 3.63) is 54.2 Å². The van der Waals surface area contributed by atoms with Crippen LogP contribution < -0.4 is 5.32 Å². The van der Waals surface area contributed by atoms with Crippen LogP contribution in [0.1, 0.15) is 36.9 Å². The van der Waals surface area contributed by atoms with Gasteiger partial charge in [-0.1, -0.05) is 13.8 Å². The normalized spacial score (nSPS) is 14.5. The van der Waals surface area contributed by atoms with Crippen molar-refractivity contribution in [1.29, 1.82) is 0 Å². The summed E-state index contributed by atoms with van der Waals surface area (Å²) < 4.78 is 5.18. The van der Waals surface area contributed by atoms with Crippen LogP contribution in [0, 0.1) is 0 Å². The molecule has 2 atom stereocenters. The molecule has 0 aliphatic rings. The number of aromatic nitrogens is 1. The summed E-state index contributed by atoms with van der Waals surface area (Å²) in [6, 6.07) is 6.43. The van der Waals surface area contributed by atoms with Crippen LogP contribution in [-0.4, -0.2) is 11.5 Å². The first-order valence-electron chi connectivity index (χ1n) is 5.98. The molecule has 0 aromatic carbocycles. The van der Waals surface area contributed by atoms with Gasteiger partial charge in [0.15, 0.2) is 0 Å². The van der Waals surface area contributed by atoms with Crippen LogP contribution in [0.25, 0.3) is 0 Å². The third kappa shape index (κ3) is 2.74. The molecule has 0 bridgehead atoms. The molecule has 0 aliphatic heterocycles. The highest BCUT2D eigenvalue weighted by atomic mass is 16.3. The molecule has 2 unspecified atom stereocenters. The number of rotatable bonds is 5. The van der Waals surface area contributed by atoms with Gasteiger partial charge < -0.3 is 9.73 Å². The van der Waals surface area contributed by atoms with Crippen LogP contribution in [0.5, 0.6) is 0 Å². The van der Waals surface area contributed by atoms with E-state index in [4.69, 9.17) is 4.42 Å². The molecule has 0 amide bonds. The third-order valence-electron chi connectivity index (χ3n) is 3.06. The quantitative estimate of drug-likeness (QED) is 0.857. The number of furan rings is 1. The smallest absolute Gasteiger partial charge is 0.0950 e. The van der Waals surface area contributed by atoms with Crippen molar-refractivity contribution in [2.24, 2.45) is 0 Å². The van der Waals surface area contributed by atoms with E-state index in [2.05, 4.69) is 36.3 Å². The Morgan fingerprint density at radius 1 is 1.24 bits per heavy atom. The van der Waals surface area contributed by atoms with Gasteiger partial charge in [0.25, 0.3) is 0 Å². The number of nitrogens with one attached hydrogen (secondary N) is 1. The average molecular weight is 230 g/mol. The lowest BCUT2D eigenvalue weighted by Gasteiger charge is -2.24. The van der Waals surface area contributed by atoms with Crippen molar-refractivity contribution in [3.8, 4) is 0 Å². The van der Waals surface area contributed by atoms with Crippen molar-refractivity contribution in [2.75, 3.05) is 6.54 Å². The minimum Gasteiger partial charge on any atom is -0.472 e. The lowest BCUT2D eigenvalue weighted by atomic mass is 9.90. The number of hydrogen-bond acceptors (Lipinski definition) is 3. The Morgan fingerprint density at radius 3 is 2.59 bits per heavy atom. The van der Waals surface area contributed by atoms with Gasteiger partial charge in [-0.25, -0.2) is 0 Å². The molecule has 0 saturated carbocycles. The van der Waals surface area contributed by atoms with Crippen LogP contribution in [0.2, 0.25) is 0 Å². The largest absolute Gasteiger partial charge is 0.472 e. The van der Waals surface area contributed by atoms with Crippen molar-refractivity contribution in [1.82, 2.24) is 10.3 Å². The molecular formula is C14H18N2O. The molecule has 0 fully saturated rings. The molecule has 3 heteroatoms. The Labute approximate surface area is 102 Å². The fourth-order valence-electron chi connectivity index (χ4n) is 2.11. The van der Waals surface area contributed by atoms with Crippen molar-refractivity contribution in [2.45, 2.75) is 25.8 Å². The predicted molar refractivity (Wildman–Crippen MR) is 67.8 cm³/mol. The highest BCUT2D eigenvalue weighted by Gasteiger charge is 2.20. The van der Waals surface area contributed by atoms with Gasteiger partial charge in [-0.3, -0.25) is 4.98 Å². The molecule has 2 rings (SSSR count). The molecule has 1 N–H and O–H groups in total. The predicted octanol–water partition coefficient (Wildman–Crippen LogP) is 3.13. The molecule has 0 saturated heterocycles. The van der Waals surface area contributed by atoms with Gasteiger partial charge in [0.1, 0.15) is 0 Å². The summed E-state index contributed by atoms with van der Waals surface area (Å²) in [4.78, 5) is 4.06. The summed E-state index contributed by atoms with van der Waals surface area (Å²) in [5.41, 5.74) is 2.48. The van der Waals surface area contributed by atoms with Gasteiger partial charge >= 0.3 is 0 Å². The maximum Gasteiger partial charge on any atom is 0.0950 e. The molecular weight excluding hydrogens is 212 g/mol. The third-order valence-corrected chi connectivity index (χ3v) is 3.06. The van der Waals surface area contributed by atoms with E-state index in [9.17, 15) is 0 Å². The first kappa shape index (κ1) is 11.9. The average Bonchev–Trinajstić information content (AvgIpc) is 2.90. The standard InChI is InChI=1S/C14H18N2O/c1-3-16-14(13-6-9-17-10-13)11(2)12-4-7-15-8-5-12/h4-11,14,16H,3H2,1-2H3. The maximum absolute atomic E-state index is 5.18. The second kappa shape index (κ2) is 5.64. The number of likely N-dealkylation sites (N-methyl/N-ethyl adjacent to an activating group) is 1. The summed E-state index contributed by atoms with van der Waals surface area (Å²) in [6.45, 7) is 5.27. The summed E-state index contributed by atoms with van der Waals surface area (Å²) in [5.74, 6) is 0.385. The van der Waals surface area contributed by atoms with Crippen LogP contribution in [-0.2, 0) is 0 Å². The lowest BCUT2D eigenvalue weighted by molar-refractivity contribution is 0.470. The molecule has 2 aromatic heterocycles. The maximum atomic E-state index is 5.18. The monoisotopic (exact) mass is 230 g/mol. The Morgan fingerprint density at radius 2 is 2.00 bits per heavy atom. The topological polar surface area (TPSA) is 38.1 Å². The van der Waals surface area contributed by atoms with E-state index in [0.717, 1.165) is 6.54 Å². The number of hydrogen-bond donors (Lipinski definition) is 1. The molecule has 3 nitrogen and oxygen atoms in total. The molecule has 0 spiro atoms. The Bertz CT molecular complexity index is 425. The SMILES string of the molecule is CCNC(c1ccoc1)C(C)c1ccncc1. The Kier molecular flexibility index (Phi) is 3.94. The van der Waals surface area contributed by atoms with Crippen LogP contribution in [0.3, 0.4) is 0 Å². The second-order valence-corrected chi connectivity index (χ2v) is 4.16. The minimum atomic E-state index is 0.279. The summed E-state index contributed by atoms with van der Waals surface area (Å²) in [7, 11) is 0. The Hall–Kier alpha value is -1.61. The van der Waals surface area contributed by atoms with Gasteiger partial charge in [-0.2, -0.15) is 0 Å². The van der Waals surface area contributed by atoms with E-state index in [1.54, 1.807) is 6.26 Å². The number of nitrogens with zero attached hydrogens (tertiary/aromatic N) is 1. The first-order valence-corrected chi connectivity index (χ1v) is 5.98. The van der Waals surface area contributed by atoms with E-state index in [0.29, 0.717) is 5.92 Å². The minimum absolute atomic E-state index is 0.279. The highest BCUT2D eigenvalue weighted by Crippen LogP contribution is 2.30. The van der Waals surface area contributed by atoms with Gasteiger partial charge in [0.2, 0.25) is 0 Å². The van der Waals surface area contributed by atoms with E-state index in [-0.39, 0.29) is 6.04 Å². The fraction of sp³-hybridized carbons (Fsp3) is 0.357. The van der Waals surface area contributed by atoms with Gasteiger partial charge in [-0.15, -0.1) is 0 Å². The van der Waals surface area contributed by atoms with E-state index in [1.807, 2.05) is 24.7 Å².